The molecule has 9 nitrogen and oxygen atoms in total. The highest BCUT2D eigenvalue weighted by Crippen LogP contribution is 2.02. The molecule has 0 bridgehead atoms. The Hall–Kier alpha value is -2.75. The van der Waals surface area contributed by atoms with Gasteiger partial charge in [-0.05, 0) is 24.0 Å². The zero-order valence-corrected chi connectivity index (χ0v) is 15.7. The van der Waals surface area contributed by atoms with Gasteiger partial charge in [0.15, 0.2) is 0 Å². The first-order chi connectivity index (χ1) is 12.9. The normalized spacial score (nSPS) is 11.1. The molecule has 27 heavy (non-hydrogen) atoms. The first-order valence-electron chi connectivity index (χ1n) is 8.14. The fourth-order valence-corrected chi connectivity index (χ4v) is 2.43. The SMILES string of the molecule is CSCCC(NC(=O)CNC(=O)OCc1ccccc1)C(=O)NCC(=O)O. The fourth-order valence-electron chi connectivity index (χ4n) is 1.96. The lowest BCUT2D eigenvalue weighted by atomic mass is 10.2. The van der Waals surface area contributed by atoms with Gasteiger partial charge in [-0.15, -0.1) is 0 Å². The molecule has 10 heteroatoms. The monoisotopic (exact) mass is 397 g/mol. The summed E-state index contributed by atoms with van der Waals surface area (Å²) in [6, 6.07) is 8.18. The molecule has 3 amide bonds. The summed E-state index contributed by atoms with van der Waals surface area (Å²) < 4.78 is 4.98. The highest BCUT2D eigenvalue weighted by molar-refractivity contribution is 7.98. The van der Waals surface area contributed by atoms with Gasteiger partial charge in [0.2, 0.25) is 11.8 Å². The van der Waals surface area contributed by atoms with Gasteiger partial charge in [-0.3, -0.25) is 14.4 Å². The van der Waals surface area contributed by atoms with Crippen LogP contribution in [0.25, 0.3) is 0 Å². The van der Waals surface area contributed by atoms with Crippen LogP contribution in [0.2, 0.25) is 0 Å². The number of hydrogen-bond acceptors (Lipinski definition) is 6. The maximum Gasteiger partial charge on any atom is 0.407 e. The number of hydrogen-bond donors (Lipinski definition) is 4. The van der Waals surface area contributed by atoms with Crippen LogP contribution in [0.4, 0.5) is 4.79 Å². The lowest BCUT2D eigenvalue weighted by Crippen LogP contribution is -2.50. The third-order valence-corrected chi connectivity index (χ3v) is 3.93. The molecule has 0 aliphatic rings. The molecule has 0 saturated heterocycles. The Bertz CT molecular complexity index is 641. The molecule has 0 aliphatic carbocycles. The van der Waals surface area contributed by atoms with Gasteiger partial charge in [-0.2, -0.15) is 11.8 Å². The van der Waals surface area contributed by atoms with Gasteiger partial charge in [0.25, 0.3) is 0 Å². The third-order valence-electron chi connectivity index (χ3n) is 3.28. The van der Waals surface area contributed by atoms with E-state index in [-0.39, 0.29) is 13.2 Å². The van der Waals surface area contributed by atoms with Crippen LogP contribution in [0.1, 0.15) is 12.0 Å². The molecule has 1 atom stereocenters. The van der Waals surface area contributed by atoms with E-state index in [1.165, 1.54) is 11.8 Å². The van der Waals surface area contributed by atoms with Crippen LogP contribution < -0.4 is 16.0 Å². The lowest BCUT2D eigenvalue weighted by Gasteiger charge is -2.17. The second-order valence-corrected chi connectivity index (χ2v) is 6.41. The number of aliphatic carboxylic acids is 1. The molecular weight excluding hydrogens is 374 g/mol. The molecule has 0 saturated carbocycles. The van der Waals surface area contributed by atoms with E-state index in [1.807, 2.05) is 24.5 Å². The largest absolute Gasteiger partial charge is 0.480 e. The van der Waals surface area contributed by atoms with E-state index in [0.717, 1.165) is 5.56 Å². The van der Waals surface area contributed by atoms with Crippen LogP contribution >= 0.6 is 11.8 Å². The number of thioether (sulfide) groups is 1. The van der Waals surface area contributed by atoms with Crippen LogP contribution in [0.3, 0.4) is 0 Å². The Morgan fingerprint density at radius 2 is 1.81 bits per heavy atom. The Morgan fingerprint density at radius 3 is 2.44 bits per heavy atom. The van der Waals surface area contributed by atoms with Gasteiger partial charge < -0.3 is 25.8 Å². The second-order valence-electron chi connectivity index (χ2n) is 5.43. The number of carbonyl (C=O) groups excluding carboxylic acids is 3. The van der Waals surface area contributed by atoms with Crippen LogP contribution in [-0.2, 0) is 25.7 Å². The van der Waals surface area contributed by atoms with Crippen molar-refractivity contribution in [1.82, 2.24) is 16.0 Å². The number of nitrogens with one attached hydrogen (secondary N) is 3. The minimum Gasteiger partial charge on any atom is -0.480 e. The van der Waals surface area contributed by atoms with Crippen molar-refractivity contribution in [2.75, 3.05) is 25.1 Å². The molecule has 0 spiro atoms. The number of carbonyl (C=O) groups is 4. The standard InChI is InChI=1S/C17H23N3O6S/c1-27-8-7-13(16(24)18-10-15(22)23)20-14(21)9-19-17(25)26-11-12-5-3-2-4-6-12/h2-6,13H,7-11H2,1H3,(H,18,24)(H,19,25)(H,20,21)(H,22,23). The first kappa shape index (κ1) is 22.3. The number of carboxylic acid groups (broad SMARTS) is 1. The predicted molar refractivity (Wildman–Crippen MR) is 100 cm³/mol. The van der Waals surface area contributed by atoms with Crippen molar-refractivity contribution in [3.05, 3.63) is 35.9 Å². The number of rotatable bonds is 11. The molecule has 1 aromatic rings. The van der Waals surface area contributed by atoms with Crippen molar-refractivity contribution in [3.63, 3.8) is 0 Å². The molecule has 0 radical (unpaired) electrons. The van der Waals surface area contributed by atoms with E-state index in [1.54, 1.807) is 12.1 Å². The highest BCUT2D eigenvalue weighted by Gasteiger charge is 2.21. The summed E-state index contributed by atoms with van der Waals surface area (Å²) in [7, 11) is 0. The van der Waals surface area contributed by atoms with Crippen LogP contribution in [0.15, 0.2) is 30.3 Å². The molecule has 1 rings (SSSR count). The summed E-state index contributed by atoms with van der Waals surface area (Å²) >= 11 is 1.48. The summed E-state index contributed by atoms with van der Waals surface area (Å²) in [5.41, 5.74) is 0.810. The van der Waals surface area contributed by atoms with E-state index in [2.05, 4.69) is 16.0 Å². The molecule has 1 unspecified atom stereocenters. The van der Waals surface area contributed by atoms with Crippen LogP contribution in [-0.4, -0.2) is 60.1 Å². The highest BCUT2D eigenvalue weighted by atomic mass is 32.2. The van der Waals surface area contributed by atoms with Gasteiger partial charge in [-0.25, -0.2) is 4.79 Å². The van der Waals surface area contributed by atoms with Gasteiger partial charge in [0, 0.05) is 0 Å². The average Bonchev–Trinajstić information content (AvgIpc) is 2.66. The minimum absolute atomic E-state index is 0.0717. The summed E-state index contributed by atoms with van der Waals surface area (Å²) in [4.78, 5) is 46.1. The summed E-state index contributed by atoms with van der Waals surface area (Å²) in [5.74, 6) is -1.76. The molecule has 0 heterocycles. The Morgan fingerprint density at radius 1 is 1.11 bits per heavy atom. The lowest BCUT2D eigenvalue weighted by molar-refractivity contribution is -0.138. The molecule has 148 valence electrons. The number of ether oxygens (including phenoxy) is 1. The van der Waals surface area contributed by atoms with E-state index >= 15 is 0 Å². The van der Waals surface area contributed by atoms with Crippen molar-refractivity contribution in [3.8, 4) is 0 Å². The number of amides is 3. The fraction of sp³-hybridized carbons (Fsp3) is 0.412. The van der Waals surface area contributed by atoms with Gasteiger partial charge in [0.05, 0.1) is 0 Å². The van der Waals surface area contributed by atoms with E-state index in [9.17, 15) is 19.2 Å². The summed E-state index contributed by atoms with van der Waals surface area (Å²) in [6.07, 6.45) is 1.42. The van der Waals surface area contributed by atoms with Crippen molar-refractivity contribution in [2.45, 2.75) is 19.1 Å². The van der Waals surface area contributed by atoms with Crippen molar-refractivity contribution < 1.29 is 29.0 Å². The van der Waals surface area contributed by atoms with Crippen molar-refractivity contribution in [2.24, 2.45) is 0 Å². The Kier molecular flexibility index (Phi) is 10.4. The number of carboxylic acids is 1. The number of benzene rings is 1. The van der Waals surface area contributed by atoms with Gasteiger partial charge in [-0.1, -0.05) is 30.3 Å². The molecule has 0 fully saturated rings. The van der Waals surface area contributed by atoms with Crippen molar-refractivity contribution >= 4 is 35.6 Å². The zero-order chi connectivity index (χ0) is 20.1. The van der Waals surface area contributed by atoms with E-state index < -0.39 is 36.5 Å². The maximum absolute atomic E-state index is 12.0. The van der Waals surface area contributed by atoms with Crippen LogP contribution in [0.5, 0.6) is 0 Å². The average molecular weight is 397 g/mol. The second kappa shape index (κ2) is 12.6. The van der Waals surface area contributed by atoms with E-state index in [0.29, 0.717) is 12.2 Å². The molecule has 0 aromatic heterocycles. The quantitative estimate of drug-likeness (QED) is 0.423. The first-order valence-corrected chi connectivity index (χ1v) is 9.54. The summed E-state index contributed by atoms with van der Waals surface area (Å²) in [5, 5.41) is 15.6. The molecule has 1 aromatic carbocycles. The minimum atomic E-state index is -1.18. The van der Waals surface area contributed by atoms with Gasteiger partial charge in [0.1, 0.15) is 25.7 Å². The Labute approximate surface area is 161 Å². The third kappa shape index (κ3) is 10.1. The molecular formula is C17H23N3O6S. The van der Waals surface area contributed by atoms with Crippen LogP contribution in [0, 0.1) is 0 Å². The predicted octanol–water partition coefficient (Wildman–Crippen LogP) is 0.352. The molecule has 0 aliphatic heterocycles. The molecule has 4 N–H and O–H groups in total. The van der Waals surface area contributed by atoms with Gasteiger partial charge >= 0.3 is 12.1 Å². The summed E-state index contributed by atoms with van der Waals surface area (Å²) in [6.45, 7) is -0.827. The maximum atomic E-state index is 12.0. The Balaban J connectivity index is 2.39. The smallest absolute Gasteiger partial charge is 0.407 e. The zero-order valence-electron chi connectivity index (χ0n) is 14.9. The van der Waals surface area contributed by atoms with Crippen molar-refractivity contribution in [1.29, 1.82) is 0 Å². The topological polar surface area (TPSA) is 134 Å². The van der Waals surface area contributed by atoms with E-state index in [4.69, 9.17) is 9.84 Å². The number of alkyl carbamates (subject to hydrolysis) is 1.